The van der Waals surface area contributed by atoms with E-state index >= 15 is 0 Å². The third kappa shape index (κ3) is 1.91. The highest BCUT2D eigenvalue weighted by atomic mass is 31.2. The van der Waals surface area contributed by atoms with E-state index in [-0.39, 0.29) is 0 Å². The van der Waals surface area contributed by atoms with Crippen LogP contribution in [0.5, 0.6) is 0 Å². The third-order valence-electron chi connectivity index (χ3n) is 2.04. The molecule has 1 aliphatic rings. The molecule has 0 saturated carbocycles. The molecule has 1 nitrogen and oxygen atoms in total. The van der Waals surface area contributed by atoms with E-state index < -0.39 is 7.49 Å². The molecule has 0 aromatic heterocycles. The minimum Gasteiger partial charge on any atom is -0.380 e. The van der Waals surface area contributed by atoms with E-state index in [2.05, 4.69) is 6.92 Å². The van der Waals surface area contributed by atoms with Gasteiger partial charge in [-0.1, -0.05) is 13.3 Å². The van der Waals surface area contributed by atoms with Gasteiger partial charge in [-0.15, -0.1) is 0 Å². The Balaban J connectivity index is 2.32. The van der Waals surface area contributed by atoms with Gasteiger partial charge in [0.25, 0.3) is 0 Å². The molecule has 0 spiro atoms. The zero-order chi connectivity index (χ0) is 6.74. The van der Waals surface area contributed by atoms with Crippen molar-refractivity contribution in [3.05, 3.63) is 0 Å². The molecule has 1 fully saturated rings. The highest BCUT2D eigenvalue weighted by molar-refractivity contribution is 7.70. The molecule has 1 saturated heterocycles. The maximum Gasteiger partial charge on any atom is -0.0137 e. The lowest BCUT2D eigenvalue weighted by molar-refractivity contribution is 0.603. The van der Waals surface area contributed by atoms with Crippen LogP contribution in [0, 0.1) is 0 Å². The fraction of sp³-hybridized carbons (Fsp3) is 1.00. The molecule has 1 radical (unpaired) electrons. The minimum absolute atomic E-state index is 1.12. The van der Waals surface area contributed by atoms with Crippen LogP contribution in [-0.4, -0.2) is 23.4 Å². The molecule has 0 bridgehead atoms. The molecule has 1 aliphatic heterocycles. The summed E-state index contributed by atoms with van der Waals surface area (Å²) in [6, 6.07) is 0. The second kappa shape index (κ2) is 2.98. The SMILES string of the molecule is CCC[P]1(O)CCCC1. The predicted octanol–water partition coefficient (Wildman–Crippen LogP) is 2.12. The van der Waals surface area contributed by atoms with E-state index in [4.69, 9.17) is 0 Å². The summed E-state index contributed by atoms with van der Waals surface area (Å²) in [5, 5.41) is 0. The molecular weight excluding hydrogens is 131 g/mol. The van der Waals surface area contributed by atoms with Crippen molar-refractivity contribution in [1.29, 1.82) is 0 Å². The average Bonchev–Trinajstić information content (AvgIpc) is 2.16. The van der Waals surface area contributed by atoms with E-state index in [1.165, 1.54) is 19.3 Å². The van der Waals surface area contributed by atoms with Crippen LogP contribution in [0.25, 0.3) is 0 Å². The van der Waals surface area contributed by atoms with Crippen molar-refractivity contribution in [3.8, 4) is 0 Å². The van der Waals surface area contributed by atoms with Crippen molar-refractivity contribution in [2.24, 2.45) is 0 Å². The quantitative estimate of drug-likeness (QED) is 0.593. The second-order valence-corrected chi connectivity index (χ2v) is 6.50. The number of rotatable bonds is 2. The third-order valence-corrected chi connectivity index (χ3v) is 5.62. The van der Waals surface area contributed by atoms with Crippen molar-refractivity contribution < 1.29 is 4.89 Å². The average molecular weight is 147 g/mol. The molecule has 0 unspecified atom stereocenters. The molecule has 2 heteroatoms. The summed E-state index contributed by atoms with van der Waals surface area (Å²) in [5.41, 5.74) is 0. The minimum atomic E-state index is -1.32. The molecule has 1 heterocycles. The first-order valence-corrected chi connectivity index (χ1v) is 6.15. The molecule has 0 aliphatic carbocycles. The summed E-state index contributed by atoms with van der Waals surface area (Å²) in [6.45, 7) is 2.16. The van der Waals surface area contributed by atoms with E-state index in [0.29, 0.717) is 0 Å². The maximum atomic E-state index is 9.80. The van der Waals surface area contributed by atoms with Crippen LogP contribution >= 0.6 is 7.49 Å². The number of hydrogen-bond donors (Lipinski definition) is 1. The predicted molar refractivity (Wildman–Crippen MR) is 43.3 cm³/mol. The largest absolute Gasteiger partial charge is 0.380 e. The van der Waals surface area contributed by atoms with Crippen LogP contribution < -0.4 is 0 Å². The van der Waals surface area contributed by atoms with Crippen molar-refractivity contribution >= 4 is 7.49 Å². The molecule has 0 atom stereocenters. The Morgan fingerprint density at radius 3 is 2.33 bits per heavy atom. The van der Waals surface area contributed by atoms with Gasteiger partial charge in [-0.25, -0.2) is 0 Å². The van der Waals surface area contributed by atoms with Crippen LogP contribution in [0.15, 0.2) is 0 Å². The zero-order valence-corrected chi connectivity index (χ0v) is 7.03. The Kier molecular flexibility index (Phi) is 2.49. The summed E-state index contributed by atoms with van der Waals surface area (Å²) >= 11 is 0. The van der Waals surface area contributed by atoms with Gasteiger partial charge in [-0.3, -0.25) is 0 Å². The maximum absolute atomic E-state index is 9.80. The van der Waals surface area contributed by atoms with Crippen LogP contribution in [0.3, 0.4) is 0 Å². The molecular formula is C7H16OP. The molecule has 0 aromatic rings. The van der Waals surface area contributed by atoms with Gasteiger partial charge in [-0.2, -0.15) is 0 Å². The lowest BCUT2D eigenvalue weighted by atomic mass is 10.4. The van der Waals surface area contributed by atoms with Crippen molar-refractivity contribution in [1.82, 2.24) is 0 Å². The fourth-order valence-electron chi connectivity index (χ4n) is 1.56. The summed E-state index contributed by atoms with van der Waals surface area (Å²) in [4.78, 5) is 9.80. The van der Waals surface area contributed by atoms with Crippen LogP contribution in [0.2, 0.25) is 0 Å². The first-order chi connectivity index (χ1) is 4.27. The highest BCUT2D eigenvalue weighted by Crippen LogP contribution is 2.60. The number of hydrogen-bond acceptors (Lipinski definition) is 1. The first kappa shape index (κ1) is 7.50. The van der Waals surface area contributed by atoms with Gasteiger partial charge in [0.2, 0.25) is 0 Å². The van der Waals surface area contributed by atoms with Gasteiger partial charge < -0.3 is 4.89 Å². The Labute approximate surface area is 57.9 Å². The van der Waals surface area contributed by atoms with Crippen molar-refractivity contribution in [2.75, 3.05) is 18.5 Å². The smallest absolute Gasteiger partial charge is 0.0137 e. The van der Waals surface area contributed by atoms with Gasteiger partial charge >= 0.3 is 0 Å². The second-order valence-electron chi connectivity index (χ2n) is 2.97. The van der Waals surface area contributed by atoms with Gasteiger partial charge in [0.1, 0.15) is 0 Å². The fourth-order valence-corrected chi connectivity index (χ4v) is 4.69. The Morgan fingerprint density at radius 1 is 1.33 bits per heavy atom. The highest BCUT2D eigenvalue weighted by Gasteiger charge is 2.27. The van der Waals surface area contributed by atoms with E-state index in [1.54, 1.807) is 0 Å². The topological polar surface area (TPSA) is 20.2 Å². The van der Waals surface area contributed by atoms with Gasteiger partial charge in [-0.05, 0) is 38.8 Å². The summed E-state index contributed by atoms with van der Waals surface area (Å²) in [7, 11) is -1.32. The normalized spacial score (nSPS) is 24.7. The van der Waals surface area contributed by atoms with E-state index in [9.17, 15) is 4.89 Å². The zero-order valence-electron chi connectivity index (χ0n) is 6.14. The molecule has 0 amide bonds. The summed E-state index contributed by atoms with van der Waals surface area (Å²) < 4.78 is 0. The van der Waals surface area contributed by atoms with Crippen LogP contribution in [-0.2, 0) is 0 Å². The Morgan fingerprint density at radius 2 is 1.89 bits per heavy atom. The summed E-state index contributed by atoms with van der Waals surface area (Å²) in [5.74, 6) is 0. The van der Waals surface area contributed by atoms with Crippen molar-refractivity contribution in [3.63, 3.8) is 0 Å². The Hall–Kier alpha value is 0.390. The molecule has 1 rings (SSSR count). The van der Waals surface area contributed by atoms with Crippen LogP contribution in [0.1, 0.15) is 26.2 Å². The molecule has 0 aromatic carbocycles. The van der Waals surface area contributed by atoms with Crippen molar-refractivity contribution in [2.45, 2.75) is 26.2 Å². The monoisotopic (exact) mass is 147 g/mol. The van der Waals surface area contributed by atoms with E-state index in [0.717, 1.165) is 18.5 Å². The lowest BCUT2D eigenvalue weighted by Gasteiger charge is -2.22. The van der Waals surface area contributed by atoms with Crippen LogP contribution in [0.4, 0.5) is 0 Å². The molecule has 55 valence electrons. The first-order valence-electron chi connectivity index (χ1n) is 3.86. The van der Waals surface area contributed by atoms with Gasteiger partial charge in [0.05, 0.1) is 0 Å². The lowest BCUT2D eigenvalue weighted by Crippen LogP contribution is -1.97. The Bertz CT molecular complexity index is 86.9. The standard InChI is InChI=1S/C7H16OP/c1-2-5-9(8)6-3-4-7-9/h8H,2-7H2,1H3. The van der Waals surface area contributed by atoms with E-state index in [1.807, 2.05) is 0 Å². The van der Waals surface area contributed by atoms with Gasteiger partial charge in [0, 0.05) is 0 Å². The molecule has 1 N–H and O–H groups in total. The summed E-state index contributed by atoms with van der Waals surface area (Å²) in [6.07, 6.45) is 7.16. The van der Waals surface area contributed by atoms with Gasteiger partial charge in [0.15, 0.2) is 0 Å². The molecule has 9 heavy (non-hydrogen) atoms.